The number of alkyl halides is 2. The predicted octanol–water partition coefficient (Wildman–Crippen LogP) is 0.595. The lowest BCUT2D eigenvalue weighted by molar-refractivity contribution is 0.145. The number of nitrogens with two attached hydrogens (primary N) is 1. The molecule has 3 N–H and O–H groups in total. The lowest BCUT2D eigenvalue weighted by Crippen LogP contribution is -2.36. The number of methoxy groups -OCH3 is 1. The Balaban J connectivity index is 3.15. The highest BCUT2D eigenvalue weighted by atomic mass is 19.3. The maximum Gasteiger partial charge on any atom is 0.250 e. The van der Waals surface area contributed by atoms with E-state index in [1.165, 1.54) is 0 Å². The molecule has 0 spiro atoms. The normalized spacial score (nSPS) is 13.6. The number of rotatable bonds is 8. The number of halogens is 2. The second-order valence-electron chi connectivity index (χ2n) is 2.94. The molecule has 0 heterocycles. The topological polar surface area (TPSA) is 47.3 Å². The van der Waals surface area contributed by atoms with E-state index in [1.807, 2.05) is 0 Å². The average Bonchev–Trinajstić information content (AvgIpc) is 2.04. The van der Waals surface area contributed by atoms with Crippen LogP contribution in [0, 0.1) is 0 Å². The maximum atomic E-state index is 11.7. The summed E-state index contributed by atoms with van der Waals surface area (Å²) in [7, 11) is 1.63. The Morgan fingerprint density at radius 1 is 1.38 bits per heavy atom. The van der Waals surface area contributed by atoms with Crippen molar-refractivity contribution < 1.29 is 13.5 Å². The molecule has 0 saturated carbocycles. The van der Waals surface area contributed by atoms with Crippen LogP contribution in [0.3, 0.4) is 0 Å². The third-order valence-electron chi connectivity index (χ3n) is 1.63. The zero-order valence-electron chi connectivity index (χ0n) is 7.93. The highest BCUT2D eigenvalue weighted by Gasteiger charge is 2.04. The number of ether oxygens (including phenoxy) is 1. The van der Waals surface area contributed by atoms with Crippen molar-refractivity contribution in [3.05, 3.63) is 0 Å². The molecule has 0 rings (SSSR count). The van der Waals surface area contributed by atoms with Crippen molar-refractivity contribution in [2.24, 2.45) is 5.73 Å². The minimum absolute atomic E-state index is 0.0612. The molecule has 0 fully saturated rings. The van der Waals surface area contributed by atoms with Crippen molar-refractivity contribution in [1.82, 2.24) is 5.32 Å². The van der Waals surface area contributed by atoms with Crippen LogP contribution in [-0.2, 0) is 4.74 Å². The number of hydrogen-bond acceptors (Lipinski definition) is 3. The van der Waals surface area contributed by atoms with Gasteiger partial charge < -0.3 is 15.8 Å². The second-order valence-corrected chi connectivity index (χ2v) is 2.94. The molecule has 1 atom stereocenters. The molecular weight excluding hydrogens is 178 g/mol. The third-order valence-corrected chi connectivity index (χ3v) is 1.63. The summed E-state index contributed by atoms with van der Waals surface area (Å²) in [5, 5.41) is 2.60. The van der Waals surface area contributed by atoms with Crippen LogP contribution in [0.1, 0.15) is 12.8 Å². The van der Waals surface area contributed by atoms with Crippen molar-refractivity contribution in [2.75, 3.05) is 26.8 Å². The fourth-order valence-electron chi connectivity index (χ4n) is 0.970. The fourth-order valence-corrected chi connectivity index (χ4v) is 0.970. The van der Waals surface area contributed by atoms with E-state index in [9.17, 15) is 8.78 Å². The van der Waals surface area contributed by atoms with Crippen LogP contribution >= 0.6 is 0 Å². The van der Waals surface area contributed by atoms with E-state index in [2.05, 4.69) is 5.32 Å². The van der Waals surface area contributed by atoms with Gasteiger partial charge in [0.15, 0.2) is 0 Å². The van der Waals surface area contributed by atoms with Crippen LogP contribution < -0.4 is 11.1 Å². The molecule has 1 unspecified atom stereocenters. The quantitative estimate of drug-likeness (QED) is 0.559. The van der Waals surface area contributed by atoms with E-state index in [4.69, 9.17) is 10.5 Å². The van der Waals surface area contributed by atoms with Gasteiger partial charge in [-0.05, 0) is 12.8 Å². The third kappa shape index (κ3) is 9.66. The Morgan fingerprint density at radius 3 is 2.62 bits per heavy atom. The van der Waals surface area contributed by atoms with Gasteiger partial charge in [0, 0.05) is 26.3 Å². The van der Waals surface area contributed by atoms with E-state index in [1.54, 1.807) is 7.11 Å². The Labute approximate surface area is 77.6 Å². The van der Waals surface area contributed by atoms with Gasteiger partial charge >= 0.3 is 0 Å². The summed E-state index contributed by atoms with van der Waals surface area (Å²) in [6.45, 7) is 0.828. The molecule has 0 saturated heterocycles. The van der Waals surface area contributed by atoms with Gasteiger partial charge in [0.1, 0.15) is 0 Å². The monoisotopic (exact) mass is 196 g/mol. The van der Waals surface area contributed by atoms with E-state index in [0.29, 0.717) is 13.2 Å². The second kappa shape index (κ2) is 8.34. The van der Waals surface area contributed by atoms with Crippen molar-refractivity contribution in [3.8, 4) is 0 Å². The van der Waals surface area contributed by atoms with Crippen LogP contribution in [0.15, 0.2) is 0 Å². The van der Waals surface area contributed by atoms with Crippen molar-refractivity contribution in [2.45, 2.75) is 25.3 Å². The smallest absolute Gasteiger partial charge is 0.250 e. The lowest BCUT2D eigenvalue weighted by Gasteiger charge is -2.11. The summed E-state index contributed by atoms with van der Waals surface area (Å²) < 4.78 is 28.2. The maximum absolute atomic E-state index is 11.7. The van der Waals surface area contributed by atoms with E-state index in [-0.39, 0.29) is 12.6 Å². The van der Waals surface area contributed by atoms with Gasteiger partial charge in [-0.3, -0.25) is 0 Å². The highest BCUT2D eigenvalue weighted by molar-refractivity contribution is 4.64. The van der Waals surface area contributed by atoms with Crippen LogP contribution in [0.4, 0.5) is 8.78 Å². The zero-order chi connectivity index (χ0) is 10.1. The van der Waals surface area contributed by atoms with Crippen molar-refractivity contribution in [3.63, 3.8) is 0 Å². The molecule has 0 amide bonds. The summed E-state index contributed by atoms with van der Waals surface area (Å²) in [4.78, 5) is 0. The first kappa shape index (κ1) is 12.7. The molecule has 0 bridgehead atoms. The van der Waals surface area contributed by atoms with Crippen molar-refractivity contribution >= 4 is 0 Å². The van der Waals surface area contributed by atoms with Gasteiger partial charge in [-0.15, -0.1) is 0 Å². The molecule has 5 heteroatoms. The predicted molar refractivity (Wildman–Crippen MR) is 48.0 cm³/mol. The first-order chi connectivity index (χ1) is 6.16. The summed E-state index contributed by atoms with van der Waals surface area (Å²) in [5.41, 5.74) is 5.64. The standard InChI is InChI=1S/C8H18F2N2O/c1-13-4-2-3-7(11)5-12-6-8(9)10/h7-8,12H,2-6,11H2,1H3. The molecule has 3 nitrogen and oxygen atoms in total. The summed E-state index contributed by atoms with van der Waals surface area (Å²) in [5.74, 6) is 0. The Morgan fingerprint density at radius 2 is 2.08 bits per heavy atom. The largest absolute Gasteiger partial charge is 0.385 e. The molecule has 0 aliphatic carbocycles. The molecule has 0 aromatic rings. The number of nitrogens with one attached hydrogen (secondary N) is 1. The minimum Gasteiger partial charge on any atom is -0.385 e. The molecular formula is C8H18F2N2O. The molecule has 13 heavy (non-hydrogen) atoms. The first-order valence-corrected chi connectivity index (χ1v) is 4.40. The van der Waals surface area contributed by atoms with Crippen LogP contribution in [-0.4, -0.2) is 39.3 Å². The van der Waals surface area contributed by atoms with Crippen LogP contribution in [0.2, 0.25) is 0 Å². The van der Waals surface area contributed by atoms with E-state index in [0.717, 1.165) is 12.8 Å². The number of hydrogen-bond donors (Lipinski definition) is 2. The van der Waals surface area contributed by atoms with Gasteiger partial charge in [-0.1, -0.05) is 0 Å². The molecule has 80 valence electrons. The van der Waals surface area contributed by atoms with Gasteiger partial charge in [-0.2, -0.15) is 0 Å². The van der Waals surface area contributed by atoms with Gasteiger partial charge in [0.2, 0.25) is 0 Å². The van der Waals surface area contributed by atoms with Crippen LogP contribution in [0.25, 0.3) is 0 Å². The van der Waals surface area contributed by atoms with Crippen LogP contribution in [0.5, 0.6) is 0 Å². The average molecular weight is 196 g/mol. The highest BCUT2D eigenvalue weighted by Crippen LogP contribution is 1.94. The molecule has 0 radical (unpaired) electrons. The molecule has 0 aromatic carbocycles. The molecule has 0 aromatic heterocycles. The minimum atomic E-state index is -2.30. The SMILES string of the molecule is COCCCC(N)CNCC(F)F. The Hall–Kier alpha value is -0.260. The van der Waals surface area contributed by atoms with Gasteiger partial charge in [-0.25, -0.2) is 8.78 Å². The molecule has 0 aliphatic rings. The fraction of sp³-hybridized carbons (Fsp3) is 1.00. The Kier molecular flexibility index (Phi) is 8.18. The molecule has 0 aliphatic heterocycles. The van der Waals surface area contributed by atoms with Crippen molar-refractivity contribution in [1.29, 1.82) is 0 Å². The summed E-state index contributed by atoms with van der Waals surface area (Å²) >= 11 is 0. The zero-order valence-corrected chi connectivity index (χ0v) is 7.93. The van der Waals surface area contributed by atoms with E-state index < -0.39 is 6.43 Å². The summed E-state index contributed by atoms with van der Waals surface area (Å²) in [6.07, 6.45) is -0.635. The lowest BCUT2D eigenvalue weighted by atomic mass is 10.2. The summed E-state index contributed by atoms with van der Waals surface area (Å²) in [6, 6.07) is -0.0612. The van der Waals surface area contributed by atoms with E-state index >= 15 is 0 Å². The first-order valence-electron chi connectivity index (χ1n) is 4.40. The Bertz CT molecular complexity index is 114. The van der Waals surface area contributed by atoms with Gasteiger partial charge in [0.25, 0.3) is 6.43 Å². The van der Waals surface area contributed by atoms with Gasteiger partial charge in [0.05, 0.1) is 6.54 Å².